The van der Waals surface area contributed by atoms with Crippen LogP contribution in [-0.4, -0.2) is 39.7 Å². The third-order valence-electron chi connectivity index (χ3n) is 2.93. The minimum absolute atomic E-state index is 0.115. The van der Waals surface area contributed by atoms with Gasteiger partial charge in [0.05, 0.1) is 11.3 Å². The second kappa shape index (κ2) is 4.07. The lowest BCUT2D eigenvalue weighted by molar-refractivity contribution is -0.122. The number of fused-ring (bicyclic) bond motifs is 1. The average molecular weight is 271 g/mol. The van der Waals surface area contributed by atoms with Crippen LogP contribution in [0.5, 0.6) is 0 Å². The molecule has 2 N–H and O–H groups in total. The van der Waals surface area contributed by atoms with Crippen molar-refractivity contribution in [1.82, 2.24) is 9.97 Å². The molecule has 2 heterocycles. The maximum absolute atomic E-state index is 12.0. The SMILES string of the molecule is Cc1nc(Cl)nc2c1NC(=O)[C@H](C(C)(C)O)N2C. The molecule has 1 atom stereocenters. The summed E-state index contributed by atoms with van der Waals surface area (Å²) in [7, 11) is 1.70. The topological polar surface area (TPSA) is 78.3 Å². The van der Waals surface area contributed by atoms with Gasteiger partial charge in [0.25, 0.3) is 0 Å². The molecule has 1 amide bonds. The molecule has 7 heteroatoms. The maximum Gasteiger partial charge on any atom is 0.250 e. The summed E-state index contributed by atoms with van der Waals surface area (Å²) in [5, 5.41) is 12.9. The quantitative estimate of drug-likeness (QED) is 0.744. The van der Waals surface area contributed by atoms with Crippen molar-refractivity contribution in [2.75, 3.05) is 17.3 Å². The van der Waals surface area contributed by atoms with Gasteiger partial charge >= 0.3 is 0 Å². The highest BCUT2D eigenvalue weighted by Crippen LogP contribution is 2.34. The summed E-state index contributed by atoms with van der Waals surface area (Å²) in [5.74, 6) is 0.228. The Bertz CT molecular complexity index is 513. The van der Waals surface area contributed by atoms with Gasteiger partial charge in [0.15, 0.2) is 5.82 Å². The Labute approximate surface area is 110 Å². The molecule has 1 aliphatic heterocycles. The van der Waals surface area contributed by atoms with E-state index in [2.05, 4.69) is 15.3 Å². The third-order valence-corrected chi connectivity index (χ3v) is 3.10. The van der Waals surface area contributed by atoms with Crippen LogP contribution in [-0.2, 0) is 4.79 Å². The van der Waals surface area contributed by atoms with Gasteiger partial charge in [0.1, 0.15) is 11.7 Å². The monoisotopic (exact) mass is 270 g/mol. The van der Waals surface area contributed by atoms with Gasteiger partial charge in [-0.05, 0) is 32.4 Å². The molecular weight excluding hydrogens is 256 g/mol. The largest absolute Gasteiger partial charge is 0.388 e. The van der Waals surface area contributed by atoms with Crippen LogP contribution >= 0.6 is 11.6 Å². The lowest BCUT2D eigenvalue weighted by atomic mass is 9.95. The fourth-order valence-corrected chi connectivity index (χ4v) is 2.42. The molecule has 98 valence electrons. The van der Waals surface area contributed by atoms with Crippen molar-refractivity contribution in [1.29, 1.82) is 0 Å². The molecule has 0 aromatic carbocycles. The van der Waals surface area contributed by atoms with Gasteiger partial charge < -0.3 is 15.3 Å². The van der Waals surface area contributed by atoms with E-state index in [1.165, 1.54) is 0 Å². The van der Waals surface area contributed by atoms with Crippen LogP contribution < -0.4 is 10.2 Å². The van der Waals surface area contributed by atoms with Crippen LogP contribution in [0, 0.1) is 6.92 Å². The number of nitrogens with one attached hydrogen (secondary N) is 1. The van der Waals surface area contributed by atoms with Crippen molar-refractivity contribution < 1.29 is 9.90 Å². The van der Waals surface area contributed by atoms with Crippen molar-refractivity contribution in [2.24, 2.45) is 0 Å². The van der Waals surface area contributed by atoms with Gasteiger partial charge in [-0.15, -0.1) is 0 Å². The molecule has 0 fully saturated rings. The predicted octanol–water partition coefficient (Wildman–Crippen LogP) is 0.966. The summed E-state index contributed by atoms with van der Waals surface area (Å²) in [6, 6.07) is -0.727. The highest BCUT2D eigenvalue weighted by molar-refractivity contribution is 6.28. The first-order chi connectivity index (χ1) is 8.21. The van der Waals surface area contributed by atoms with Crippen LogP contribution in [0.1, 0.15) is 19.5 Å². The number of carbonyl (C=O) groups excluding carboxylic acids is 1. The number of aromatic nitrogens is 2. The third kappa shape index (κ3) is 2.02. The van der Waals surface area contributed by atoms with E-state index in [1.807, 2.05) is 0 Å². The van der Waals surface area contributed by atoms with E-state index in [9.17, 15) is 9.90 Å². The van der Waals surface area contributed by atoms with E-state index in [0.717, 1.165) is 0 Å². The number of amides is 1. The average Bonchev–Trinajstić information content (AvgIpc) is 2.18. The van der Waals surface area contributed by atoms with Gasteiger partial charge in [-0.1, -0.05) is 0 Å². The van der Waals surface area contributed by atoms with Crippen LogP contribution in [0.25, 0.3) is 0 Å². The van der Waals surface area contributed by atoms with Crippen LogP contribution in [0.2, 0.25) is 5.28 Å². The fraction of sp³-hybridized carbons (Fsp3) is 0.545. The second-order valence-electron chi connectivity index (χ2n) is 4.93. The Balaban J connectivity index is 2.56. The van der Waals surface area contributed by atoms with Crippen molar-refractivity contribution >= 4 is 29.0 Å². The molecule has 0 aliphatic carbocycles. The number of rotatable bonds is 1. The summed E-state index contributed by atoms with van der Waals surface area (Å²) in [5.41, 5.74) is -0.0613. The van der Waals surface area contributed by atoms with Gasteiger partial charge in [-0.2, -0.15) is 4.98 Å². The highest BCUT2D eigenvalue weighted by atomic mass is 35.5. The molecule has 2 rings (SSSR count). The Kier molecular flexibility index (Phi) is 2.95. The number of hydrogen-bond donors (Lipinski definition) is 2. The smallest absolute Gasteiger partial charge is 0.250 e. The van der Waals surface area contributed by atoms with Crippen molar-refractivity contribution in [3.05, 3.63) is 11.0 Å². The normalized spacial score (nSPS) is 19.6. The van der Waals surface area contributed by atoms with Gasteiger partial charge in [0, 0.05) is 7.05 Å². The van der Waals surface area contributed by atoms with Crippen molar-refractivity contribution in [3.8, 4) is 0 Å². The van der Waals surface area contributed by atoms with E-state index >= 15 is 0 Å². The molecule has 0 bridgehead atoms. The minimum Gasteiger partial charge on any atom is -0.388 e. The molecule has 1 aliphatic rings. The van der Waals surface area contributed by atoms with E-state index in [-0.39, 0.29) is 11.2 Å². The molecule has 0 saturated carbocycles. The van der Waals surface area contributed by atoms with Crippen LogP contribution in [0.15, 0.2) is 0 Å². The first kappa shape index (κ1) is 13.0. The van der Waals surface area contributed by atoms with Crippen molar-refractivity contribution in [3.63, 3.8) is 0 Å². The second-order valence-corrected chi connectivity index (χ2v) is 5.27. The molecule has 1 aromatic heterocycles. The zero-order valence-corrected chi connectivity index (χ0v) is 11.4. The summed E-state index contributed by atoms with van der Waals surface area (Å²) in [4.78, 5) is 21.8. The number of aliphatic hydroxyl groups is 1. The molecule has 1 aromatic rings. The zero-order chi connectivity index (χ0) is 13.7. The molecule has 0 unspecified atom stereocenters. The van der Waals surface area contributed by atoms with Crippen LogP contribution in [0.4, 0.5) is 11.5 Å². The zero-order valence-electron chi connectivity index (χ0n) is 10.7. The number of anilines is 2. The molecule has 0 spiro atoms. The van der Waals surface area contributed by atoms with Crippen molar-refractivity contribution in [2.45, 2.75) is 32.4 Å². The number of aryl methyl sites for hydroxylation is 1. The Morgan fingerprint density at radius 2 is 2.06 bits per heavy atom. The Morgan fingerprint density at radius 1 is 1.44 bits per heavy atom. The lowest BCUT2D eigenvalue weighted by Gasteiger charge is -2.40. The minimum atomic E-state index is -1.19. The highest BCUT2D eigenvalue weighted by Gasteiger charge is 2.42. The number of nitrogens with zero attached hydrogens (tertiary/aromatic N) is 3. The fourth-order valence-electron chi connectivity index (χ4n) is 2.21. The predicted molar refractivity (Wildman–Crippen MR) is 68.9 cm³/mol. The maximum atomic E-state index is 12.0. The summed E-state index contributed by atoms with van der Waals surface area (Å²) in [6.07, 6.45) is 0. The summed E-state index contributed by atoms with van der Waals surface area (Å²) >= 11 is 5.82. The van der Waals surface area contributed by atoms with Gasteiger partial charge in [0.2, 0.25) is 11.2 Å². The molecule has 0 saturated heterocycles. The Hall–Kier alpha value is -1.40. The lowest BCUT2D eigenvalue weighted by Crippen LogP contribution is -2.57. The van der Waals surface area contributed by atoms with Gasteiger partial charge in [-0.25, -0.2) is 4.98 Å². The van der Waals surface area contributed by atoms with Gasteiger partial charge in [-0.3, -0.25) is 4.79 Å². The van der Waals surface area contributed by atoms with E-state index < -0.39 is 11.6 Å². The summed E-state index contributed by atoms with van der Waals surface area (Å²) < 4.78 is 0. The van der Waals surface area contributed by atoms with E-state index in [1.54, 1.807) is 32.7 Å². The number of carbonyl (C=O) groups is 1. The number of halogens is 1. The first-order valence-electron chi connectivity index (χ1n) is 5.52. The number of likely N-dealkylation sites (N-methyl/N-ethyl adjacent to an activating group) is 1. The molecule has 6 nitrogen and oxygen atoms in total. The Morgan fingerprint density at radius 3 is 2.61 bits per heavy atom. The molecule has 0 radical (unpaired) electrons. The molecule has 18 heavy (non-hydrogen) atoms. The molecular formula is C11H15ClN4O2. The van der Waals surface area contributed by atoms with E-state index in [4.69, 9.17) is 11.6 Å². The summed E-state index contributed by atoms with van der Waals surface area (Å²) in [6.45, 7) is 4.90. The van der Waals surface area contributed by atoms with E-state index in [0.29, 0.717) is 17.2 Å². The standard InChI is InChI=1S/C11H15ClN4O2/c1-5-6-8(15-10(12)13-5)16(4)7(9(17)14-6)11(2,3)18/h7,18H,1-4H3,(H,14,17)/t7-/m1/s1. The first-order valence-corrected chi connectivity index (χ1v) is 5.90. The van der Waals surface area contributed by atoms with Crippen LogP contribution in [0.3, 0.4) is 0 Å². The number of hydrogen-bond acceptors (Lipinski definition) is 5.